The second kappa shape index (κ2) is 12.8. The van der Waals surface area contributed by atoms with Crippen molar-refractivity contribution in [3.8, 4) is 50.7 Å². The number of hydrogen-bond acceptors (Lipinski definition) is 2. The molecule has 0 radical (unpaired) electrons. The molecule has 0 bridgehead atoms. The van der Waals surface area contributed by atoms with Crippen LogP contribution in [0.1, 0.15) is 25.0 Å². The summed E-state index contributed by atoms with van der Waals surface area (Å²) < 4.78 is 7.95. The average molecular weight is 815 g/mol. The van der Waals surface area contributed by atoms with Crippen molar-refractivity contribution in [1.82, 2.24) is 14.5 Å². The number of para-hydroxylation sites is 1. The molecular formula is C55H39GeN3. The minimum atomic E-state index is -3.66. The van der Waals surface area contributed by atoms with Crippen LogP contribution in [0.3, 0.4) is 0 Å². The molecule has 3 heterocycles. The van der Waals surface area contributed by atoms with E-state index in [0.29, 0.717) is 0 Å². The van der Waals surface area contributed by atoms with Gasteiger partial charge in [-0.15, -0.1) is 0 Å². The quantitative estimate of drug-likeness (QED) is 0.162. The van der Waals surface area contributed by atoms with Crippen molar-refractivity contribution < 1.29 is 0 Å². The van der Waals surface area contributed by atoms with E-state index in [1.807, 2.05) is 0 Å². The summed E-state index contributed by atoms with van der Waals surface area (Å²) in [4.78, 5) is 11.4. The first-order valence-electron chi connectivity index (χ1n) is 20.5. The van der Waals surface area contributed by atoms with Crippen molar-refractivity contribution in [3.63, 3.8) is 0 Å². The van der Waals surface area contributed by atoms with Crippen LogP contribution in [-0.2, 0) is 5.41 Å². The number of fused-ring (bicyclic) bond motifs is 10. The molecule has 59 heavy (non-hydrogen) atoms. The van der Waals surface area contributed by atoms with Gasteiger partial charge in [0.05, 0.1) is 0 Å². The third-order valence-electron chi connectivity index (χ3n) is 13.0. The molecule has 12 rings (SSSR count). The van der Waals surface area contributed by atoms with Crippen LogP contribution in [0.4, 0.5) is 0 Å². The van der Waals surface area contributed by atoms with Gasteiger partial charge in [0.25, 0.3) is 0 Å². The first kappa shape index (κ1) is 34.2. The molecule has 1 aliphatic heterocycles. The van der Waals surface area contributed by atoms with Gasteiger partial charge in [0, 0.05) is 0 Å². The van der Waals surface area contributed by atoms with Crippen LogP contribution in [0.5, 0.6) is 0 Å². The normalized spacial score (nSPS) is 14.2. The Morgan fingerprint density at radius 2 is 1.08 bits per heavy atom. The molecule has 3 nitrogen and oxygen atoms in total. The number of hydrogen-bond donors (Lipinski definition) is 0. The summed E-state index contributed by atoms with van der Waals surface area (Å²) in [5.74, 6) is 0.734. The molecule has 278 valence electrons. The summed E-state index contributed by atoms with van der Waals surface area (Å²) in [5, 5.41) is 2.52. The predicted octanol–water partition coefficient (Wildman–Crippen LogP) is 10.6. The van der Waals surface area contributed by atoms with Gasteiger partial charge in [-0.3, -0.25) is 0 Å². The molecule has 2 aromatic heterocycles. The zero-order valence-corrected chi connectivity index (χ0v) is 35.0. The van der Waals surface area contributed by atoms with Crippen molar-refractivity contribution in [1.29, 1.82) is 0 Å². The summed E-state index contributed by atoms with van der Waals surface area (Å²) in [6, 6.07) is 73.6. The van der Waals surface area contributed by atoms with E-state index in [1.165, 1.54) is 67.2 Å². The second-order valence-corrected chi connectivity index (χ2v) is 24.2. The van der Waals surface area contributed by atoms with Gasteiger partial charge in [-0.25, -0.2) is 0 Å². The van der Waals surface area contributed by atoms with Crippen LogP contribution in [0.25, 0.3) is 72.5 Å². The molecule has 0 saturated carbocycles. The zero-order valence-electron chi connectivity index (χ0n) is 32.9. The number of benzene rings is 8. The maximum absolute atomic E-state index is 5.70. The van der Waals surface area contributed by atoms with Gasteiger partial charge < -0.3 is 0 Å². The van der Waals surface area contributed by atoms with Gasteiger partial charge in [-0.05, 0) is 0 Å². The topological polar surface area (TPSA) is 30.7 Å². The standard InChI is InChI=1S/C55H39GeN3/c1-55(2)46-30-15-12-27-41(46)43-33-34-44-42-28-14-17-32-48(42)59(53(44)49(43)55)40-26-18-21-37(35-40)54-57-51(36-19-6-3-7-20-36)50-52(58-54)45-29-13-16-31-47(45)56(50,38-22-8-4-9-23-38)39-24-10-5-11-25-39/h3-35H,1-2H3. The summed E-state index contributed by atoms with van der Waals surface area (Å²) in [7, 11) is 0. The Labute approximate surface area is 346 Å². The first-order chi connectivity index (χ1) is 29.0. The fraction of sp³-hybridized carbons (Fsp3) is 0.0545. The SMILES string of the molecule is CC1(C)c2ccccc2-c2ccc3c4ccccc4n(-c4cccc(-c5nc(-c6ccccc6)[c]6c(n5)-c5cccc[c]5[Ge]6([c]5ccccc5)[c]5ccccc5)c4)c3c21. The van der Waals surface area contributed by atoms with Crippen LogP contribution in [0, 0.1) is 0 Å². The molecule has 0 unspecified atom stereocenters. The van der Waals surface area contributed by atoms with Crippen molar-refractivity contribution in [3.05, 3.63) is 211 Å². The van der Waals surface area contributed by atoms with Gasteiger partial charge in [0.15, 0.2) is 0 Å². The summed E-state index contributed by atoms with van der Waals surface area (Å²) in [6.45, 7) is 4.76. The predicted molar refractivity (Wildman–Crippen MR) is 247 cm³/mol. The summed E-state index contributed by atoms with van der Waals surface area (Å²) >= 11 is -3.66. The Kier molecular flexibility index (Phi) is 7.45. The Hall–Kier alpha value is -6.82. The third kappa shape index (κ3) is 4.77. The monoisotopic (exact) mass is 815 g/mol. The summed E-state index contributed by atoms with van der Waals surface area (Å²) in [6.07, 6.45) is 0. The Morgan fingerprint density at radius 1 is 0.475 bits per heavy atom. The van der Waals surface area contributed by atoms with E-state index >= 15 is 0 Å². The van der Waals surface area contributed by atoms with Gasteiger partial charge in [-0.2, -0.15) is 0 Å². The third-order valence-corrected chi connectivity index (χ3v) is 23.3. The Morgan fingerprint density at radius 3 is 1.85 bits per heavy atom. The van der Waals surface area contributed by atoms with Crippen LogP contribution in [-0.4, -0.2) is 27.8 Å². The maximum atomic E-state index is 5.70. The zero-order chi connectivity index (χ0) is 39.3. The number of nitrogens with zero attached hydrogens (tertiary/aromatic N) is 3. The van der Waals surface area contributed by atoms with Crippen LogP contribution in [0.15, 0.2) is 200 Å². The van der Waals surface area contributed by atoms with Gasteiger partial charge in [-0.1, -0.05) is 24.3 Å². The first-order valence-corrected chi connectivity index (χ1v) is 24.7. The number of aromatic nitrogens is 3. The van der Waals surface area contributed by atoms with Gasteiger partial charge >= 0.3 is 324 Å². The van der Waals surface area contributed by atoms with Crippen molar-refractivity contribution in [2.24, 2.45) is 0 Å². The van der Waals surface area contributed by atoms with E-state index in [0.717, 1.165) is 34.0 Å². The minimum absolute atomic E-state index is 0.175. The van der Waals surface area contributed by atoms with Crippen LogP contribution < -0.4 is 17.6 Å². The van der Waals surface area contributed by atoms with Crippen molar-refractivity contribution in [2.75, 3.05) is 0 Å². The number of rotatable bonds is 5. The fourth-order valence-corrected chi connectivity index (χ4v) is 21.6. The molecule has 8 aromatic carbocycles. The van der Waals surface area contributed by atoms with Gasteiger partial charge in [0.2, 0.25) is 0 Å². The Bertz CT molecular complexity index is 3250. The molecule has 0 saturated heterocycles. The van der Waals surface area contributed by atoms with E-state index in [2.05, 4.69) is 219 Å². The summed E-state index contributed by atoms with van der Waals surface area (Å²) in [5.41, 5.74) is 14.2. The van der Waals surface area contributed by atoms with E-state index in [9.17, 15) is 0 Å². The molecule has 0 amide bonds. The molecule has 0 N–H and O–H groups in total. The van der Waals surface area contributed by atoms with E-state index in [1.54, 1.807) is 0 Å². The molecule has 4 heteroatoms. The molecule has 0 spiro atoms. The van der Waals surface area contributed by atoms with E-state index < -0.39 is 13.3 Å². The van der Waals surface area contributed by atoms with Crippen molar-refractivity contribution in [2.45, 2.75) is 19.3 Å². The molecule has 10 aromatic rings. The molecule has 1 aliphatic carbocycles. The second-order valence-electron chi connectivity index (χ2n) is 16.5. The van der Waals surface area contributed by atoms with Crippen LogP contribution in [0.2, 0.25) is 0 Å². The fourth-order valence-electron chi connectivity index (χ4n) is 10.6. The van der Waals surface area contributed by atoms with E-state index in [-0.39, 0.29) is 5.41 Å². The molecule has 2 aliphatic rings. The van der Waals surface area contributed by atoms with Gasteiger partial charge in [0.1, 0.15) is 0 Å². The van der Waals surface area contributed by atoms with E-state index in [4.69, 9.17) is 9.97 Å². The Balaban J connectivity index is 1.14. The molecular weight excluding hydrogens is 775 g/mol. The molecule has 0 fully saturated rings. The van der Waals surface area contributed by atoms with Crippen molar-refractivity contribution >= 4 is 52.7 Å². The average Bonchev–Trinajstić information content (AvgIpc) is 3.88. The van der Waals surface area contributed by atoms with Crippen LogP contribution >= 0.6 is 0 Å². The molecule has 0 atom stereocenters.